The molecule has 0 amide bonds. The van der Waals surface area contributed by atoms with Crippen molar-refractivity contribution in [3.05, 3.63) is 64.2 Å². The van der Waals surface area contributed by atoms with E-state index in [2.05, 4.69) is 0 Å². The van der Waals surface area contributed by atoms with Gasteiger partial charge in [0.25, 0.3) is 0 Å². The van der Waals surface area contributed by atoms with Crippen LogP contribution in [0.1, 0.15) is 58.8 Å². The minimum atomic E-state index is -0.626. The fourth-order valence-corrected chi connectivity index (χ4v) is 3.86. The van der Waals surface area contributed by atoms with Crippen molar-refractivity contribution in [2.24, 2.45) is 11.3 Å². The van der Waals surface area contributed by atoms with Crippen LogP contribution in [-0.2, 0) is 14.3 Å². The third-order valence-corrected chi connectivity index (χ3v) is 5.85. The summed E-state index contributed by atoms with van der Waals surface area (Å²) in [6.07, 6.45) is 3.17. The smallest absolute Gasteiger partial charge is 0.339 e. The molecule has 0 aromatic heterocycles. The van der Waals surface area contributed by atoms with Crippen molar-refractivity contribution in [2.45, 2.75) is 54.1 Å². The summed E-state index contributed by atoms with van der Waals surface area (Å²) in [7, 11) is 2.91. The second-order valence-electron chi connectivity index (χ2n) is 9.47. The molecule has 0 N–H and O–H groups in total. The zero-order chi connectivity index (χ0) is 24.4. The standard InChI is InChI=1S/C26H33FO5/c1-15-22(24(29)32-25(3,4)5)16(2)26(6,7)18(23(15)31-9)11-12-20(28)17-10-13-21(30-8)19(27)14-17/h10-14,18H,1-9H3. The number of ketones is 1. The van der Waals surface area contributed by atoms with Crippen molar-refractivity contribution in [1.82, 2.24) is 0 Å². The van der Waals surface area contributed by atoms with Gasteiger partial charge < -0.3 is 14.2 Å². The van der Waals surface area contributed by atoms with Crippen LogP contribution in [0.2, 0.25) is 0 Å². The number of hydrogen-bond donors (Lipinski definition) is 0. The van der Waals surface area contributed by atoms with E-state index in [1.165, 1.54) is 25.3 Å². The molecule has 1 aromatic carbocycles. The third kappa shape index (κ3) is 5.12. The average Bonchev–Trinajstić information content (AvgIpc) is 2.68. The van der Waals surface area contributed by atoms with Crippen molar-refractivity contribution >= 4 is 11.8 Å². The highest BCUT2D eigenvalue weighted by atomic mass is 19.1. The van der Waals surface area contributed by atoms with E-state index >= 15 is 0 Å². The fraction of sp³-hybridized carbons (Fsp3) is 0.462. The van der Waals surface area contributed by atoms with Gasteiger partial charge in [-0.3, -0.25) is 4.79 Å². The Bertz CT molecular complexity index is 1010. The van der Waals surface area contributed by atoms with Crippen molar-refractivity contribution in [1.29, 1.82) is 0 Å². The van der Waals surface area contributed by atoms with Gasteiger partial charge in [-0.25, -0.2) is 9.18 Å². The summed E-state index contributed by atoms with van der Waals surface area (Å²) in [6.45, 7) is 13.2. The molecule has 0 spiro atoms. The molecule has 32 heavy (non-hydrogen) atoms. The van der Waals surface area contributed by atoms with Crippen LogP contribution in [0.5, 0.6) is 5.75 Å². The van der Waals surface area contributed by atoms with Gasteiger partial charge in [-0.2, -0.15) is 0 Å². The number of carbonyl (C=O) groups excluding carboxylic acids is 2. The van der Waals surface area contributed by atoms with Crippen LogP contribution in [0.3, 0.4) is 0 Å². The molecule has 1 aromatic rings. The first-order chi connectivity index (χ1) is 14.7. The maximum Gasteiger partial charge on any atom is 0.339 e. The first-order valence-corrected chi connectivity index (χ1v) is 10.5. The summed E-state index contributed by atoms with van der Waals surface area (Å²) in [5.41, 5.74) is 1.08. The number of benzene rings is 1. The van der Waals surface area contributed by atoms with Gasteiger partial charge in [-0.15, -0.1) is 0 Å². The number of allylic oxidation sites excluding steroid dienone is 3. The summed E-state index contributed by atoms with van der Waals surface area (Å²) < 4.78 is 30.2. The molecule has 0 aliphatic heterocycles. The molecule has 0 radical (unpaired) electrons. The maximum atomic E-state index is 14.0. The van der Waals surface area contributed by atoms with E-state index in [1.54, 1.807) is 13.2 Å². The second kappa shape index (κ2) is 9.31. The van der Waals surface area contributed by atoms with Crippen LogP contribution in [-0.4, -0.2) is 31.6 Å². The van der Waals surface area contributed by atoms with Gasteiger partial charge in [0.1, 0.15) is 11.4 Å². The van der Waals surface area contributed by atoms with E-state index in [1.807, 2.05) is 48.5 Å². The number of ether oxygens (including phenoxy) is 3. The van der Waals surface area contributed by atoms with Gasteiger partial charge in [0, 0.05) is 17.1 Å². The zero-order valence-electron chi connectivity index (χ0n) is 20.4. The predicted molar refractivity (Wildman–Crippen MR) is 122 cm³/mol. The van der Waals surface area contributed by atoms with E-state index in [-0.39, 0.29) is 23.0 Å². The molecular weight excluding hydrogens is 411 g/mol. The van der Waals surface area contributed by atoms with E-state index in [9.17, 15) is 14.0 Å². The van der Waals surface area contributed by atoms with Gasteiger partial charge in [0.2, 0.25) is 0 Å². The molecule has 0 bridgehead atoms. The van der Waals surface area contributed by atoms with E-state index in [4.69, 9.17) is 14.2 Å². The molecule has 174 valence electrons. The number of esters is 1. The van der Waals surface area contributed by atoms with Gasteiger partial charge in [-0.05, 0) is 64.3 Å². The van der Waals surface area contributed by atoms with Crippen molar-refractivity contribution in [3.8, 4) is 5.75 Å². The Morgan fingerprint density at radius 1 is 1.09 bits per heavy atom. The summed E-state index contributed by atoms with van der Waals surface area (Å²) >= 11 is 0. The molecule has 1 atom stereocenters. The van der Waals surface area contributed by atoms with Gasteiger partial charge in [0.15, 0.2) is 17.3 Å². The van der Waals surface area contributed by atoms with Gasteiger partial charge in [0.05, 0.1) is 19.8 Å². The van der Waals surface area contributed by atoms with Crippen LogP contribution in [0, 0.1) is 17.2 Å². The van der Waals surface area contributed by atoms with Gasteiger partial charge >= 0.3 is 5.97 Å². The summed E-state index contributed by atoms with van der Waals surface area (Å²) in [5.74, 6) is -0.969. The first-order valence-electron chi connectivity index (χ1n) is 10.5. The van der Waals surface area contributed by atoms with Gasteiger partial charge in [-0.1, -0.05) is 25.5 Å². The molecule has 6 heteroatoms. The quantitative estimate of drug-likeness (QED) is 0.315. The van der Waals surface area contributed by atoms with Crippen molar-refractivity contribution in [3.63, 3.8) is 0 Å². The van der Waals surface area contributed by atoms with Crippen LogP contribution in [0.15, 0.2) is 52.8 Å². The van der Waals surface area contributed by atoms with E-state index in [0.29, 0.717) is 16.9 Å². The molecule has 5 nitrogen and oxygen atoms in total. The topological polar surface area (TPSA) is 61.8 Å². The van der Waals surface area contributed by atoms with Crippen molar-refractivity contribution < 1.29 is 28.2 Å². The minimum absolute atomic E-state index is 0.0783. The maximum absolute atomic E-state index is 14.0. The third-order valence-electron chi connectivity index (χ3n) is 5.85. The molecule has 2 rings (SSSR count). The summed E-state index contributed by atoms with van der Waals surface area (Å²) in [4.78, 5) is 25.6. The zero-order valence-corrected chi connectivity index (χ0v) is 20.4. The van der Waals surface area contributed by atoms with E-state index in [0.717, 1.165) is 11.6 Å². The Morgan fingerprint density at radius 2 is 1.72 bits per heavy atom. The Kier molecular flexibility index (Phi) is 7.38. The normalized spacial score (nSPS) is 18.8. The molecule has 1 aliphatic rings. The molecule has 0 heterocycles. The largest absolute Gasteiger partial charge is 0.500 e. The molecule has 1 aliphatic carbocycles. The van der Waals surface area contributed by atoms with Crippen LogP contribution < -0.4 is 4.74 Å². The summed E-state index contributed by atoms with van der Waals surface area (Å²) in [5, 5.41) is 0. The monoisotopic (exact) mass is 444 g/mol. The number of rotatable bonds is 6. The highest BCUT2D eigenvalue weighted by Crippen LogP contribution is 2.48. The highest BCUT2D eigenvalue weighted by molar-refractivity contribution is 6.04. The number of hydrogen-bond acceptors (Lipinski definition) is 5. The molecule has 0 fully saturated rings. The summed E-state index contributed by atoms with van der Waals surface area (Å²) in [6, 6.07) is 4.10. The lowest BCUT2D eigenvalue weighted by Crippen LogP contribution is -2.35. The second-order valence-corrected chi connectivity index (χ2v) is 9.47. The number of methoxy groups -OCH3 is 2. The van der Waals surface area contributed by atoms with Crippen molar-refractivity contribution in [2.75, 3.05) is 14.2 Å². The lowest BCUT2D eigenvalue weighted by molar-refractivity contribution is -0.149. The Balaban J connectivity index is 2.44. The van der Waals surface area contributed by atoms with E-state index < -0.39 is 22.8 Å². The number of halogens is 1. The Morgan fingerprint density at radius 3 is 2.22 bits per heavy atom. The lowest BCUT2D eigenvalue weighted by Gasteiger charge is -2.40. The molecular formula is C26H33FO5. The highest BCUT2D eigenvalue weighted by Gasteiger charge is 2.42. The first kappa shape index (κ1) is 25.4. The number of carbonyl (C=O) groups is 2. The Hall–Kier alpha value is -2.89. The van der Waals surface area contributed by atoms with Crippen LogP contribution >= 0.6 is 0 Å². The SMILES string of the molecule is COC1=C(C)C(C(=O)OC(C)(C)C)=C(C)C(C)(C)C1C=CC(=O)c1ccc(OC)c(F)c1. The molecule has 1 unspecified atom stereocenters. The Labute approximate surface area is 189 Å². The fourth-order valence-electron chi connectivity index (χ4n) is 3.86. The average molecular weight is 445 g/mol. The molecule has 0 saturated carbocycles. The lowest BCUT2D eigenvalue weighted by atomic mass is 9.66. The van der Waals surface area contributed by atoms with Crippen LogP contribution in [0.4, 0.5) is 4.39 Å². The predicted octanol–water partition coefficient (Wildman–Crippen LogP) is 5.81. The molecule has 0 saturated heterocycles. The van der Waals surface area contributed by atoms with Crippen LogP contribution in [0.25, 0.3) is 0 Å². The minimum Gasteiger partial charge on any atom is -0.500 e.